The first-order valence-corrected chi connectivity index (χ1v) is 10.8. The Hall–Kier alpha value is -4.20. The lowest BCUT2D eigenvalue weighted by Crippen LogP contribution is -2.33. The van der Waals surface area contributed by atoms with E-state index in [9.17, 15) is 27.9 Å². The number of aromatic nitrogens is 1. The van der Waals surface area contributed by atoms with E-state index < -0.39 is 23.8 Å². The molecule has 8 heteroatoms. The van der Waals surface area contributed by atoms with E-state index in [0.717, 1.165) is 23.0 Å². The number of aromatic carboxylic acids is 1. The minimum absolute atomic E-state index is 0.0627. The van der Waals surface area contributed by atoms with Gasteiger partial charge in [-0.1, -0.05) is 30.3 Å². The molecular weight excluding hydrogens is 457 g/mol. The standard InChI is InChI=1S/C27H21F3N2O3/c1-17(19-7-10-23(11-8-19)27(28,29)30)32(16-18-4-2-5-22(14-18)26(34)35)25(33)21-9-12-24-20(15-21)6-3-13-31-24/h2-15,17H,16H2,1H3,(H,34,35)/t17-/m1/s1. The van der Waals surface area contributed by atoms with Crippen LogP contribution < -0.4 is 0 Å². The fourth-order valence-electron chi connectivity index (χ4n) is 3.89. The van der Waals surface area contributed by atoms with Gasteiger partial charge < -0.3 is 10.0 Å². The van der Waals surface area contributed by atoms with Crippen molar-refractivity contribution in [1.82, 2.24) is 9.88 Å². The molecule has 0 radical (unpaired) electrons. The first kappa shape index (κ1) is 23.9. The normalized spacial score (nSPS) is 12.3. The number of halogens is 3. The summed E-state index contributed by atoms with van der Waals surface area (Å²) in [5.41, 5.74) is 1.51. The lowest BCUT2D eigenvalue weighted by molar-refractivity contribution is -0.137. The Morgan fingerprint density at radius 3 is 2.37 bits per heavy atom. The van der Waals surface area contributed by atoms with Crippen molar-refractivity contribution in [2.75, 3.05) is 0 Å². The lowest BCUT2D eigenvalue weighted by atomic mass is 10.0. The fourth-order valence-corrected chi connectivity index (χ4v) is 3.89. The molecule has 35 heavy (non-hydrogen) atoms. The summed E-state index contributed by atoms with van der Waals surface area (Å²) in [6.07, 6.45) is -2.81. The average molecular weight is 478 g/mol. The highest BCUT2D eigenvalue weighted by atomic mass is 19.4. The molecule has 0 fully saturated rings. The second-order valence-corrected chi connectivity index (χ2v) is 8.15. The van der Waals surface area contributed by atoms with E-state index >= 15 is 0 Å². The van der Waals surface area contributed by atoms with Crippen LogP contribution in [0.2, 0.25) is 0 Å². The van der Waals surface area contributed by atoms with Crippen LogP contribution in [0.3, 0.4) is 0 Å². The Bertz CT molecular complexity index is 1380. The van der Waals surface area contributed by atoms with Gasteiger partial charge >= 0.3 is 12.1 Å². The summed E-state index contributed by atoms with van der Waals surface area (Å²) in [6.45, 7) is 1.79. The van der Waals surface area contributed by atoms with Crippen LogP contribution in [0.1, 0.15) is 50.4 Å². The average Bonchev–Trinajstić information content (AvgIpc) is 2.86. The monoisotopic (exact) mass is 478 g/mol. The van der Waals surface area contributed by atoms with Crippen LogP contribution in [0.4, 0.5) is 13.2 Å². The third kappa shape index (κ3) is 5.32. The third-order valence-corrected chi connectivity index (χ3v) is 5.83. The highest BCUT2D eigenvalue weighted by molar-refractivity contribution is 5.98. The number of fused-ring (bicyclic) bond motifs is 1. The highest BCUT2D eigenvalue weighted by Crippen LogP contribution is 2.32. The van der Waals surface area contributed by atoms with E-state index in [-0.39, 0.29) is 18.0 Å². The van der Waals surface area contributed by atoms with Crippen molar-refractivity contribution in [3.63, 3.8) is 0 Å². The van der Waals surface area contributed by atoms with E-state index in [4.69, 9.17) is 0 Å². The number of hydrogen-bond donors (Lipinski definition) is 1. The maximum atomic E-state index is 13.7. The van der Waals surface area contributed by atoms with E-state index in [2.05, 4.69) is 4.98 Å². The molecule has 0 saturated carbocycles. The summed E-state index contributed by atoms with van der Waals surface area (Å²) in [7, 11) is 0. The molecule has 5 nitrogen and oxygen atoms in total. The van der Waals surface area contributed by atoms with Crippen LogP contribution in [0.25, 0.3) is 10.9 Å². The zero-order valence-electron chi connectivity index (χ0n) is 18.7. The molecule has 0 saturated heterocycles. The van der Waals surface area contributed by atoms with Gasteiger partial charge in [0.25, 0.3) is 5.91 Å². The van der Waals surface area contributed by atoms with Crippen molar-refractivity contribution >= 4 is 22.8 Å². The number of benzene rings is 3. The molecular formula is C27H21F3N2O3. The maximum Gasteiger partial charge on any atom is 0.416 e. The van der Waals surface area contributed by atoms with E-state index in [1.54, 1.807) is 49.5 Å². The number of carbonyl (C=O) groups excluding carboxylic acids is 1. The van der Waals surface area contributed by atoms with Gasteiger partial charge in [0.15, 0.2) is 0 Å². The molecule has 178 valence electrons. The SMILES string of the molecule is C[C@H](c1ccc(C(F)(F)F)cc1)N(Cc1cccc(C(=O)O)c1)C(=O)c1ccc2ncccc2c1. The summed E-state index contributed by atoms with van der Waals surface area (Å²) in [4.78, 5) is 30.8. The molecule has 0 aliphatic rings. The number of carboxylic acids is 1. The van der Waals surface area contributed by atoms with Gasteiger partial charge in [0.1, 0.15) is 0 Å². The summed E-state index contributed by atoms with van der Waals surface area (Å²) in [5.74, 6) is -1.44. The predicted octanol–water partition coefficient (Wildman–Crippen LogP) is 6.36. The minimum atomic E-state index is -4.46. The molecule has 0 bridgehead atoms. The number of pyridine rings is 1. The Morgan fingerprint density at radius 1 is 0.943 bits per heavy atom. The van der Waals surface area contributed by atoms with Crippen LogP contribution in [-0.2, 0) is 12.7 Å². The largest absolute Gasteiger partial charge is 0.478 e. The Labute approximate surface area is 199 Å². The fraction of sp³-hybridized carbons (Fsp3) is 0.148. The van der Waals surface area contributed by atoms with Crippen LogP contribution in [0.15, 0.2) is 85.1 Å². The highest BCUT2D eigenvalue weighted by Gasteiger charge is 2.31. The molecule has 4 aromatic rings. The number of rotatable bonds is 6. The summed E-state index contributed by atoms with van der Waals surface area (Å²) in [6, 6.07) is 19.0. The molecule has 1 aromatic heterocycles. The molecule has 4 rings (SSSR count). The predicted molar refractivity (Wildman–Crippen MR) is 125 cm³/mol. The zero-order chi connectivity index (χ0) is 25.2. The van der Waals surface area contributed by atoms with Gasteiger partial charge in [-0.3, -0.25) is 9.78 Å². The molecule has 1 heterocycles. The van der Waals surface area contributed by atoms with E-state index in [1.807, 2.05) is 6.07 Å². The van der Waals surface area contributed by atoms with E-state index in [1.165, 1.54) is 29.2 Å². The quantitative estimate of drug-likeness (QED) is 0.350. The van der Waals surface area contributed by atoms with Gasteiger partial charge in [-0.15, -0.1) is 0 Å². The van der Waals surface area contributed by atoms with Crippen LogP contribution in [-0.4, -0.2) is 26.9 Å². The molecule has 0 aliphatic heterocycles. The number of carboxylic acid groups (broad SMARTS) is 1. The molecule has 3 aromatic carbocycles. The van der Waals surface area contributed by atoms with Crippen LogP contribution in [0, 0.1) is 0 Å². The molecule has 1 atom stereocenters. The van der Waals surface area contributed by atoms with Gasteiger partial charge in [-0.25, -0.2) is 4.79 Å². The maximum absolute atomic E-state index is 13.7. The van der Waals surface area contributed by atoms with Gasteiger partial charge in [0.2, 0.25) is 0 Å². The first-order valence-electron chi connectivity index (χ1n) is 10.8. The van der Waals surface area contributed by atoms with Crippen molar-refractivity contribution in [3.8, 4) is 0 Å². The third-order valence-electron chi connectivity index (χ3n) is 5.83. The Kier molecular flexibility index (Phi) is 6.55. The first-order chi connectivity index (χ1) is 16.6. The van der Waals surface area contributed by atoms with Crippen LogP contribution >= 0.6 is 0 Å². The molecule has 1 N–H and O–H groups in total. The number of amides is 1. The lowest BCUT2D eigenvalue weighted by Gasteiger charge is -2.30. The molecule has 0 aliphatic carbocycles. The van der Waals surface area contributed by atoms with Gasteiger partial charge in [0.05, 0.1) is 22.7 Å². The van der Waals surface area contributed by atoms with Gasteiger partial charge in [0, 0.05) is 23.7 Å². The number of hydrogen-bond acceptors (Lipinski definition) is 3. The molecule has 0 spiro atoms. The van der Waals surface area contributed by atoms with Crippen molar-refractivity contribution < 1.29 is 27.9 Å². The summed E-state index contributed by atoms with van der Waals surface area (Å²) < 4.78 is 39.1. The number of alkyl halides is 3. The number of nitrogens with zero attached hydrogens (tertiary/aromatic N) is 2. The zero-order valence-corrected chi connectivity index (χ0v) is 18.7. The molecule has 0 unspecified atom stereocenters. The topological polar surface area (TPSA) is 70.5 Å². The van der Waals surface area contributed by atoms with Crippen molar-refractivity contribution in [1.29, 1.82) is 0 Å². The van der Waals surface area contributed by atoms with Crippen molar-refractivity contribution in [2.24, 2.45) is 0 Å². The second-order valence-electron chi connectivity index (χ2n) is 8.15. The Morgan fingerprint density at radius 2 is 1.69 bits per heavy atom. The smallest absolute Gasteiger partial charge is 0.416 e. The summed E-state index contributed by atoms with van der Waals surface area (Å²) in [5, 5.41) is 10.1. The number of carbonyl (C=O) groups is 2. The minimum Gasteiger partial charge on any atom is -0.478 e. The van der Waals surface area contributed by atoms with Gasteiger partial charge in [-0.2, -0.15) is 13.2 Å². The van der Waals surface area contributed by atoms with Crippen LogP contribution in [0.5, 0.6) is 0 Å². The Balaban J connectivity index is 1.72. The van der Waals surface area contributed by atoms with Gasteiger partial charge in [-0.05, 0) is 66.6 Å². The van der Waals surface area contributed by atoms with Crippen molar-refractivity contribution in [3.05, 3.63) is 113 Å². The van der Waals surface area contributed by atoms with E-state index in [0.29, 0.717) is 16.7 Å². The molecule has 1 amide bonds. The second kappa shape index (κ2) is 9.58. The summed E-state index contributed by atoms with van der Waals surface area (Å²) >= 11 is 0. The van der Waals surface area contributed by atoms with Crippen molar-refractivity contribution in [2.45, 2.75) is 25.7 Å².